The molecule has 1 aromatic heterocycles. The van der Waals surface area contributed by atoms with Crippen LogP contribution in [0.3, 0.4) is 0 Å². The van der Waals surface area contributed by atoms with E-state index in [0.29, 0.717) is 23.7 Å². The van der Waals surface area contributed by atoms with Crippen molar-refractivity contribution in [3.63, 3.8) is 0 Å². The summed E-state index contributed by atoms with van der Waals surface area (Å²) in [4.78, 5) is 26.2. The Bertz CT molecular complexity index is 1120. The third-order valence-corrected chi connectivity index (χ3v) is 5.47. The molecule has 2 aromatic carbocycles. The third-order valence-electron chi connectivity index (χ3n) is 5.47. The van der Waals surface area contributed by atoms with Gasteiger partial charge < -0.3 is 19.5 Å². The molecule has 3 aromatic rings. The molecule has 0 radical (unpaired) electrons. The predicted molar refractivity (Wildman–Crippen MR) is 121 cm³/mol. The minimum absolute atomic E-state index is 0.102. The highest BCUT2D eigenvalue weighted by Gasteiger charge is 2.35. The second kappa shape index (κ2) is 10.1. The van der Waals surface area contributed by atoms with E-state index < -0.39 is 6.09 Å². The fourth-order valence-corrected chi connectivity index (χ4v) is 3.76. The van der Waals surface area contributed by atoms with Gasteiger partial charge >= 0.3 is 6.09 Å². The Morgan fingerprint density at radius 2 is 1.94 bits per heavy atom. The fourth-order valence-electron chi connectivity index (χ4n) is 3.76. The van der Waals surface area contributed by atoms with E-state index >= 15 is 0 Å². The number of hydrogen-bond acceptors (Lipinski definition) is 6. The first-order chi connectivity index (χ1) is 16.1. The van der Waals surface area contributed by atoms with Crippen LogP contribution in [0, 0.1) is 0 Å². The molecule has 1 N–H and O–H groups in total. The Hall–Kier alpha value is -4.01. The quantitative estimate of drug-likeness (QED) is 0.538. The number of amides is 2. The molecule has 2 heterocycles. The first kappa shape index (κ1) is 22.2. The van der Waals surface area contributed by atoms with Crippen LogP contribution in [0.1, 0.15) is 17.2 Å². The van der Waals surface area contributed by atoms with Crippen LogP contribution in [-0.2, 0) is 22.5 Å². The molecule has 0 unspecified atom stereocenters. The minimum atomic E-state index is -0.496. The minimum Gasteiger partial charge on any atom is -0.493 e. The van der Waals surface area contributed by atoms with Crippen LogP contribution in [0.25, 0.3) is 0 Å². The van der Waals surface area contributed by atoms with E-state index in [0.717, 1.165) is 17.5 Å². The number of methoxy groups -OCH3 is 2. The molecule has 33 heavy (non-hydrogen) atoms. The maximum atomic E-state index is 12.6. The first-order valence-corrected chi connectivity index (χ1v) is 10.6. The van der Waals surface area contributed by atoms with Gasteiger partial charge in [0.25, 0.3) is 0 Å². The molecule has 0 saturated carbocycles. The zero-order valence-electron chi connectivity index (χ0n) is 18.6. The van der Waals surface area contributed by atoms with Gasteiger partial charge in [0.05, 0.1) is 32.1 Å². The van der Waals surface area contributed by atoms with Gasteiger partial charge in [-0.05, 0) is 29.7 Å². The maximum absolute atomic E-state index is 12.6. The van der Waals surface area contributed by atoms with Crippen LogP contribution in [0.5, 0.6) is 11.5 Å². The lowest BCUT2D eigenvalue weighted by Crippen LogP contribution is -2.35. The van der Waals surface area contributed by atoms with Gasteiger partial charge in [0.15, 0.2) is 11.5 Å². The van der Waals surface area contributed by atoms with Gasteiger partial charge in [-0.3, -0.25) is 14.4 Å². The number of carbonyl (C=O) groups is 2. The fraction of sp³-hybridized carbons (Fsp3) is 0.292. The highest BCUT2D eigenvalue weighted by molar-refractivity contribution is 5.94. The summed E-state index contributed by atoms with van der Waals surface area (Å²) in [5, 5.41) is 7.12. The molecule has 9 nitrogen and oxygen atoms in total. The van der Waals surface area contributed by atoms with E-state index in [4.69, 9.17) is 14.2 Å². The van der Waals surface area contributed by atoms with Gasteiger partial charge in [-0.25, -0.2) is 4.79 Å². The van der Waals surface area contributed by atoms with E-state index in [1.807, 2.05) is 48.5 Å². The number of cyclic esters (lactones) is 1. The van der Waals surface area contributed by atoms with Crippen molar-refractivity contribution >= 4 is 17.7 Å². The zero-order valence-corrected chi connectivity index (χ0v) is 18.6. The lowest BCUT2D eigenvalue weighted by atomic mass is 10.1. The van der Waals surface area contributed by atoms with Crippen LogP contribution < -0.4 is 14.8 Å². The van der Waals surface area contributed by atoms with E-state index in [2.05, 4.69) is 10.4 Å². The maximum Gasteiger partial charge on any atom is 0.410 e. The Morgan fingerprint density at radius 3 is 2.70 bits per heavy atom. The number of hydrogen-bond donors (Lipinski definition) is 1. The number of benzene rings is 2. The molecule has 0 spiro atoms. The van der Waals surface area contributed by atoms with E-state index in [9.17, 15) is 9.59 Å². The number of aryl methyl sites for hydroxylation is 2. The van der Waals surface area contributed by atoms with Gasteiger partial charge in [-0.1, -0.05) is 36.4 Å². The summed E-state index contributed by atoms with van der Waals surface area (Å²) in [5.74, 6) is 1.05. The molecule has 0 bridgehead atoms. The molecule has 1 atom stereocenters. The average molecular weight is 450 g/mol. The molecule has 172 valence electrons. The SMILES string of the molecule is COc1ccc(CCn2cc(NC(=O)CN3C(=O)OC[C@@H]3c3ccccc3)cn2)cc1OC. The zero-order chi connectivity index (χ0) is 23.2. The van der Waals surface area contributed by atoms with Crippen molar-refractivity contribution in [3.05, 3.63) is 72.1 Å². The molecule has 4 rings (SSSR count). The van der Waals surface area contributed by atoms with Gasteiger partial charge in [-0.15, -0.1) is 0 Å². The van der Waals surface area contributed by atoms with Crippen LogP contribution in [0.2, 0.25) is 0 Å². The monoisotopic (exact) mass is 450 g/mol. The lowest BCUT2D eigenvalue weighted by molar-refractivity contribution is -0.117. The van der Waals surface area contributed by atoms with Crippen LogP contribution >= 0.6 is 0 Å². The van der Waals surface area contributed by atoms with E-state index in [-0.39, 0.29) is 25.1 Å². The summed E-state index contributed by atoms with van der Waals surface area (Å²) in [6.45, 7) is 0.749. The molecule has 9 heteroatoms. The second-order valence-electron chi connectivity index (χ2n) is 7.61. The van der Waals surface area contributed by atoms with Gasteiger partial charge in [0.1, 0.15) is 13.2 Å². The Labute approximate surface area is 191 Å². The Morgan fingerprint density at radius 1 is 1.15 bits per heavy atom. The van der Waals surface area contributed by atoms with Crippen LogP contribution in [0.4, 0.5) is 10.5 Å². The Kier molecular flexibility index (Phi) is 6.77. The predicted octanol–water partition coefficient (Wildman–Crippen LogP) is 3.28. The van der Waals surface area contributed by atoms with Crippen molar-refractivity contribution in [1.29, 1.82) is 0 Å². The number of aromatic nitrogens is 2. The summed E-state index contributed by atoms with van der Waals surface area (Å²) in [7, 11) is 3.21. The largest absolute Gasteiger partial charge is 0.493 e. The number of nitrogens with one attached hydrogen (secondary N) is 1. The third kappa shape index (κ3) is 5.25. The summed E-state index contributed by atoms with van der Waals surface area (Å²) in [6.07, 6.45) is 3.58. The lowest BCUT2D eigenvalue weighted by Gasteiger charge is -2.20. The summed E-state index contributed by atoms with van der Waals surface area (Å²) in [5.41, 5.74) is 2.57. The second-order valence-corrected chi connectivity index (χ2v) is 7.61. The number of nitrogens with zero attached hydrogens (tertiary/aromatic N) is 3. The van der Waals surface area contributed by atoms with Gasteiger partial charge in [0.2, 0.25) is 5.91 Å². The van der Waals surface area contributed by atoms with Crippen molar-refractivity contribution in [2.75, 3.05) is 32.7 Å². The normalized spacial score (nSPS) is 15.3. The molecule has 2 amide bonds. The van der Waals surface area contributed by atoms with Crippen LogP contribution in [-0.4, -0.2) is 54.1 Å². The molecule has 1 aliphatic rings. The standard InChI is InChI=1S/C24H26N4O5/c1-31-21-9-8-17(12-22(21)32-2)10-11-27-14-19(13-25-27)26-23(29)15-28-20(16-33-24(28)30)18-6-4-3-5-7-18/h3-9,12-14,20H,10-11,15-16H2,1-2H3,(H,26,29)/t20-/m1/s1. The number of anilines is 1. The summed E-state index contributed by atoms with van der Waals surface area (Å²) >= 11 is 0. The van der Waals surface area contributed by atoms with Crippen molar-refractivity contribution < 1.29 is 23.8 Å². The molecule has 1 fully saturated rings. The molecule has 1 aliphatic heterocycles. The van der Waals surface area contributed by atoms with Gasteiger partial charge in [0, 0.05) is 12.7 Å². The van der Waals surface area contributed by atoms with E-state index in [1.54, 1.807) is 31.3 Å². The first-order valence-electron chi connectivity index (χ1n) is 10.6. The van der Waals surface area contributed by atoms with Crippen molar-refractivity contribution in [2.45, 2.75) is 19.0 Å². The highest BCUT2D eigenvalue weighted by Crippen LogP contribution is 2.28. The topological polar surface area (TPSA) is 94.9 Å². The van der Waals surface area contributed by atoms with Crippen molar-refractivity contribution in [2.24, 2.45) is 0 Å². The van der Waals surface area contributed by atoms with Crippen LogP contribution in [0.15, 0.2) is 60.9 Å². The van der Waals surface area contributed by atoms with Crippen molar-refractivity contribution in [3.8, 4) is 11.5 Å². The number of ether oxygens (including phenoxy) is 3. The molecular weight excluding hydrogens is 424 g/mol. The average Bonchev–Trinajstić information content (AvgIpc) is 3.44. The molecule has 0 aliphatic carbocycles. The van der Waals surface area contributed by atoms with E-state index in [1.165, 1.54) is 4.90 Å². The summed E-state index contributed by atoms with van der Waals surface area (Å²) in [6, 6.07) is 15.0. The number of carbonyl (C=O) groups excluding carboxylic acids is 2. The smallest absolute Gasteiger partial charge is 0.410 e. The van der Waals surface area contributed by atoms with Gasteiger partial charge in [-0.2, -0.15) is 5.10 Å². The number of rotatable bonds is 9. The molecular formula is C24H26N4O5. The highest BCUT2D eigenvalue weighted by atomic mass is 16.6. The summed E-state index contributed by atoms with van der Waals surface area (Å²) < 4.78 is 17.5. The Balaban J connectivity index is 1.33. The molecule has 1 saturated heterocycles. The van der Waals surface area contributed by atoms with Crippen molar-refractivity contribution in [1.82, 2.24) is 14.7 Å².